The number of ether oxygens (including phenoxy) is 3. The average Bonchev–Trinajstić information content (AvgIpc) is 2.94. The third kappa shape index (κ3) is 13.8. The maximum Gasteiger partial charge on any atom is 0.330 e. The normalized spacial score (nSPS) is 17.1. The molecular formula is C36H58O6Si. The summed E-state index contributed by atoms with van der Waals surface area (Å²) in [7, 11) is -0.436. The van der Waals surface area contributed by atoms with Crippen LogP contribution >= 0.6 is 0 Å². The van der Waals surface area contributed by atoms with Gasteiger partial charge in [-0.3, -0.25) is 4.79 Å². The Morgan fingerprint density at radius 2 is 1.53 bits per heavy atom. The molecule has 1 aromatic rings. The minimum atomic E-state index is -2.09. The summed E-state index contributed by atoms with van der Waals surface area (Å²) in [6.45, 7) is 24.2. The lowest BCUT2D eigenvalue weighted by molar-refractivity contribution is -0.137. The molecule has 0 heterocycles. The minimum Gasteiger partial charge on any atom is -0.497 e. The highest BCUT2D eigenvalue weighted by molar-refractivity contribution is 6.74. The van der Waals surface area contributed by atoms with E-state index >= 15 is 0 Å². The fourth-order valence-corrected chi connectivity index (χ4v) is 5.89. The molecular weight excluding hydrogens is 556 g/mol. The molecule has 0 aliphatic rings. The molecule has 0 aliphatic carbocycles. The third-order valence-corrected chi connectivity index (χ3v) is 13.0. The molecule has 0 aromatic heterocycles. The second-order valence-electron chi connectivity index (χ2n) is 13.3. The smallest absolute Gasteiger partial charge is 0.330 e. The average molecular weight is 615 g/mol. The summed E-state index contributed by atoms with van der Waals surface area (Å²) in [4.78, 5) is 25.0. The molecule has 0 unspecified atom stereocenters. The Labute approximate surface area is 263 Å². The molecule has 0 amide bonds. The van der Waals surface area contributed by atoms with Gasteiger partial charge in [-0.2, -0.15) is 0 Å². The standard InChI is InChI=1S/C36H58O6Si/c1-13-40-34(38)23-18-27(3)35(42-43(11,12)36(7,8)9)29(5)24-28(4)33(37)17-15-14-16-26(2)30(6)41-25-31-19-21-32(39-10)22-20-31/h14-23,26-30,35H,13,24-25H2,1-12H3/b16-14+,17-15+,23-18+/t26-,27-,28+,29-,30+,35+/m0/s1. The quantitative estimate of drug-likeness (QED) is 0.0713. The zero-order chi connectivity index (χ0) is 32.8. The highest BCUT2D eigenvalue weighted by Gasteiger charge is 2.41. The number of ketones is 1. The Kier molecular flexibility index (Phi) is 16.5. The molecule has 0 N–H and O–H groups in total. The van der Waals surface area contributed by atoms with Gasteiger partial charge in [-0.15, -0.1) is 0 Å². The Morgan fingerprint density at radius 1 is 0.907 bits per heavy atom. The van der Waals surface area contributed by atoms with Gasteiger partial charge >= 0.3 is 5.97 Å². The van der Waals surface area contributed by atoms with E-state index in [0.717, 1.165) is 11.3 Å². The summed E-state index contributed by atoms with van der Waals surface area (Å²) in [5, 5.41) is 0.0431. The first-order valence-electron chi connectivity index (χ1n) is 15.7. The van der Waals surface area contributed by atoms with Crippen molar-refractivity contribution in [3.8, 4) is 5.75 Å². The lowest BCUT2D eigenvalue weighted by Crippen LogP contribution is -2.47. The van der Waals surface area contributed by atoms with Crippen LogP contribution in [0, 0.1) is 23.7 Å². The van der Waals surface area contributed by atoms with Crippen molar-refractivity contribution in [2.24, 2.45) is 23.7 Å². The first-order valence-corrected chi connectivity index (χ1v) is 18.6. The van der Waals surface area contributed by atoms with Crippen molar-refractivity contribution in [3.63, 3.8) is 0 Å². The summed E-state index contributed by atoms with van der Waals surface area (Å²) in [6.07, 6.45) is 11.5. The highest BCUT2D eigenvalue weighted by Crippen LogP contribution is 2.40. The molecule has 0 aliphatic heterocycles. The molecule has 7 heteroatoms. The van der Waals surface area contributed by atoms with Crippen LogP contribution in [0.5, 0.6) is 5.75 Å². The van der Waals surface area contributed by atoms with Gasteiger partial charge in [0.1, 0.15) is 5.75 Å². The molecule has 0 radical (unpaired) electrons. The van der Waals surface area contributed by atoms with Crippen molar-refractivity contribution in [1.29, 1.82) is 0 Å². The van der Waals surface area contributed by atoms with Crippen LogP contribution in [0.4, 0.5) is 0 Å². The fraction of sp³-hybridized carbons (Fsp3) is 0.611. The first kappa shape index (κ1) is 38.5. The second kappa shape index (κ2) is 18.4. The lowest BCUT2D eigenvalue weighted by Gasteiger charge is -2.42. The van der Waals surface area contributed by atoms with Gasteiger partial charge in [0.2, 0.25) is 0 Å². The van der Waals surface area contributed by atoms with E-state index in [2.05, 4.69) is 67.6 Å². The molecule has 1 aromatic carbocycles. The van der Waals surface area contributed by atoms with E-state index in [-0.39, 0.29) is 52.7 Å². The first-order chi connectivity index (χ1) is 20.0. The van der Waals surface area contributed by atoms with Crippen LogP contribution in [0.2, 0.25) is 18.1 Å². The van der Waals surface area contributed by atoms with Crippen LogP contribution < -0.4 is 4.74 Å². The maximum absolute atomic E-state index is 13.0. The largest absolute Gasteiger partial charge is 0.497 e. The van der Waals surface area contributed by atoms with Gasteiger partial charge in [0, 0.05) is 17.9 Å². The zero-order valence-corrected chi connectivity index (χ0v) is 29.8. The van der Waals surface area contributed by atoms with Gasteiger partial charge in [0.15, 0.2) is 14.1 Å². The molecule has 43 heavy (non-hydrogen) atoms. The zero-order valence-electron chi connectivity index (χ0n) is 28.8. The second-order valence-corrected chi connectivity index (χ2v) is 18.1. The van der Waals surface area contributed by atoms with Crippen molar-refractivity contribution in [1.82, 2.24) is 0 Å². The molecule has 6 atom stereocenters. The van der Waals surface area contributed by atoms with E-state index in [4.69, 9.17) is 18.6 Å². The Bertz CT molecular complexity index is 1070. The van der Waals surface area contributed by atoms with Crippen molar-refractivity contribution < 1.29 is 28.2 Å². The Balaban J connectivity index is 2.79. The number of methoxy groups -OCH3 is 1. The van der Waals surface area contributed by atoms with Gasteiger partial charge in [-0.1, -0.05) is 84.9 Å². The van der Waals surface area contributed by atoms with Gasteiger partial charge in [0.25, 0.3) is 0 Å². The number of esters is 1. The number of rotatable bonds is 18. The number of benzene rings is 1. The maximum atomic E-state index is 13.0. The summed E-state index contributed by atoms with van der Waals surface area (Å²) in [6, 6.07) is 7.87. The molecule has 0 saturated carbocycles. The topological polar surface area (TPSA) is 71.1 Å². The summed E-state index contributed by atoms with van der Waals surface area (Å²) < 4.78 is 23.2. The number of carbonyl (C=O) groups excluding carboxylic acids is 2. The van der Waals surface area contributed by atoms with E-state index in [1.165, 1.54) is 6.08 Å². The molecule has 242 valence electrons. The Morgan fingerprint density at radius 3 is 2.09 bits per heavy atom. The van der Waals surface area contributed by atoms with Crippen LogP contribution in [0.25, 0.3) is 0 Å². The predicted molar refractivity (Wildman–Crippen MR) is 180 cm³/mol. The van der Waals surface area contributed by atoms with Crippen LogP contribution in [0.1, 0.15) is 74.3 Å². The van der Waals surface area contributed by atoms with Gasteiger partial charge in [-0.05, 0) is 74.0 Å². The summed E-state index contributed by atoms with van der Waals surface area (Å²) >= 11 is 0. The van der Waals surface area contributed by atoms with Crippen molar-refractivity contribution in [3.05, 3.63) is 66.3 Å². The molecule has 0 fully saturated rings. The molecule has 6 nitrogen and oxygen atoms in total. The molecule has 0 spiro atoms. The molecule has 0 saturated heterocycles. The van der Waals surface area contributed by atoms with E-state index in [9.17, 15) is 9.59 Å². The van der Waals surface area contributed by atoms with E-state index in [0.29, 0.717) is 19.6 Å². The number of hydrogen-bond donors (Lipinski definition) is 0. The van der Waals surface area contributed by atoms with Crippen LogP contribution in [0.3, 0.4) is 0 Å². The molecule has 1 rings (SSSR count). The van der Waals surface area contributed by atoms with Crippen molar-refractivity contribution >= 4 is 20.1 Å². The Hall–Kier alpha value is -2.48. The predicted octanol–water partition coefficient (Wildman–Crippen LogP) is 8.73. The van der Waals surface area contributed by atoms with Crippen molar-refractivity contribution in [2.45, 2.75) is 106 Å². The number of carbonyl (C=O) groups is 2. The molecule has 0 bridgehead atoms. The van der Waals surface area contributed by atoms with Gasteiger partial charge in [0.05, 0.1) is 32.5 Å². The van der Waals surface area contributed by atoms with E-state index < -0.39 is 8.32 Å². The third-order valence-electron chi connectivity index (χ3n) is 8.55. The minimum absolute atomic E-state index is 0.00951. The highest BCUT2D eigenvalue weighted by atomic mass is 28.4. The van der Waals surface area contributed by atoms with E-state index in [1.807, 2.05) is 49.4 Å². The summed E-state index contributed by atoms with van der Waals surface area (Å²) in [5.41, 5.74) is 1.10. The van der Waals surface area contributed by atoms with Gasteiger partial charge in [-0.25, -0.2) is 4.79 Å². The number of allylic oxidation sites excluding steroid dienone is 3. The SMILES string of the molecule is CCOC(=O)/C=C/[C@H](C)[C@@H](O[Si](C)(C)C(C)(C)C)[C@@H](C)C[C@@H](C)C(=O)/C=C/C=C/[C@H](C)[C@@H](C)OCc1ccc(OC)cc1. The van der Waals surface area contributed by atoms with Crippen LogP contribution in [0.15, 0.2) is 60.7 Å². The van der Waals surface area contributed by atoms with E-state index in [1.54, 1.807) is 20.1 Å². The summed E-state index contributed by atoms with van der Waals surface area (Å²) in [5.74, 6) is 0.710. The van der Waals surface area contributed by atoms with Crippen molar-refractivity contribution in [2.75, 3.05) is 13.7 Å². The number of hydrogen-bond acceptors (Lipinski definition) is 6. The van der Waals surface area contributed by atoms with Crippen LogP contribution in [-0.2, 0) is 30.1 Å². The lowest BCUT2D eigenvalue weighted by atomic mass is 9.85. The van der Waals surface area contributed by atoms with Gasteiger partial charge < -0.3 is 18.6 Å². The fourth-order valence-electron chi connectivity index (χ4n) is 4.41. The monoisotopic (exact) mass is 614 g/mol. The van der Waals surface area contributed by atoms with Crippen LogP contribution in [-0.4, -0.2) is 46.0 Å².